The van der Waals surface area contributed by atoms with Crippen molar-refractivity contribution in [3.8, 4) is 5.75 Å². The summed E-state index contributed by atoms with van der Waals surface area (Å²) in [6, 6.07) is 8.25. The number of ether oxygens (including phenoxy) is 1. The highest BCUT2D eigenvalue weighted by Gasteiger charge is 2.42. The summed E-state index contributed by atoms with van der Waals surface area (Å²) in [6.45, 7) is 9.39. The van der Waals surface area contributed by atoms with Gasteiger partial charge >= 0.3 is 0 Å². The van der Waals surface area contributed by atoms with E-state index in [0.29, 0.717) is 5.92 Å². The molecule has 1 aromatic rings. The maximum Gasteiger partial charge on any atom is 0.119 e. The number of aliphatic hydroxyl groups is 1. The number of benzene rings is 1. The van der Waals surface area contributed by atoms with Crippen molar-refractivity contribution in [2.45, 2.75) is 44.8 Å². The van der Waals surface area contributed by atoms with Crippen molar-refractivity contribution < 1.29 is 9.84 Å². The average Bonchev–Trinajstić information content (AvgIpc) is 2.56. The third kappa shape index (κ3) is 3.06. The Morgan fingerprint density at radius 2 is 1.95 bits per heavy atom. The van der Waals surface area contributed by atoms with Gasteiger partial charge in [-0.1, -0.05) is 32.1 Å². The first kappa shape index (κ1) is 15.6. The zero-order chi connectivity index (χ0) is 15.5. The van der Waals surface area contributed by atoms with Gasteiger partial charge in [0.1, 0.15) is 5.75 Å². The molecule has 3 heterocycles. The number of hydrogen-bond donors (Lipinski definition) is 1. The van der Waals surface area contributed by atoms with Gasteiger partial charge in [0.2, 0.25) is 0 Å². The second kappa shape index (κ2) is 6.84. The second-order valence-electron chi connectivity index (χ2n) is 6.56. The molecule has 0 aliphatic carbocycles. The van der Waals surface area contributed by atoms with Gasteiger partial charge in [-0.2, -0.15) is 0 Å². The summed E-state index contributed by atoms with van der Waals surface area (Å²) >= 11 is 0. The molecule has 2 unspecified atom stereocenters. The SMILES string of the molecule is C=C(c1ccc(OCCCC)cc1)C1C(O)C2CCN1CC2. The molecule has 3 aliphatic heterocycles. The number of piperidine rings is 3. The van der Waals surface area contributed by atoms with Gasteiger partial charge in [-0.05, 0) is 61.5 Å². The van der Waals surface area contributed by atoms with Crippen LogP contribution in [0.2, 0.25) is 0 Å². The minimum atomic E-state index is -0.268. The number of fused-ring (bicyclic) bond motifs is 3. The fourth-order valence-corrected chi connectivity index (χ4v) is 3.71. The Bertz CT molecular complexity index is 501. The topological polar surface area (TPSA) is 32.7 Å². The maximum atomic E-state index is 10.6. The van der Waals surface area contributed by atoms with Crippen LogP contribution in [0, 0.1) is 5.92 Å². The minimum absolute atomic E-state index is 0.0827. The summed E-state index contributed by atoms with van der Waals surface area (Å²) in [5.74, 6) is 1.36. The van der Waals surface area contributed by atoms with Crippen LogP contribution in [0.15, 0.2) is 30.8 Å². The highest BCUT2D eigenvalue weighted by atomic mass is 16.5. The summed E-state index contributed by atoms with van der Waals surface area (Å²) in [4.78, 5) is 2.39. The Kier molecular flexibility index (Phi) is 4.84. The van der Waals surface area contributed by atoms with E-state index in [0.717, 1.165) is 62.3 Å². The van der Waals surface area contributed by atoms with Crippen LogP contribution in [-0.4, -0.2) is 41.8 Å². The highest BCUT2D eigenvalue weighted by molar-refractivity contribution is 5.69. The Morgan fingerprint density at radius 3 is 2.55 bits per heavy atom. The quantitative estimate of drug-likeness (QED) is 0.818. The summed E-state index contributed by atoms with van der Waals surface area (Å²) < 4.78 is 5.71. The van der Waals surface area contributed by atoms with E-state index in [1.165, 1.54) is 0 Å². The van der Waals surface area contributed by atoms with Gasteiger partial charge in [0, 0.05) is 0 Å². The number of hydrogen-bond acceptors (Lipinski definition) is 3. The summed E-state index contributed by atoms with van der Waals surface area (Å²) in [5.41, 5.74) is 2.15. The van der Waals surface area contributed by atoms with Gasteiger partial charge in [0.25, 0.3) is 0 Å². The highest BCUT2D eigenvalue weighted by Crippen LogP contribution is 2.38. The fourth-order valence-electron chi connectivity index (χ4n) is 3.71. The largest absolute Gasteiger partial charge is 0.494 e. The molecule has 3 nitrogen and oxygen atoms in total. The summed E-state index contributed by atoms with van der Waals surface area (Å²) in [5, 5.41) is 10.6. The third-order valence-corrected chi connectivity index (χ3v) is 5.12. The van der Waals surface area contributed by atoms with E-state index in [2.05, 4.69) is 30.5 Å². The van der Waals surface area contributed by atoms with Crippen LogP contribution in [0.1, 0.15) is 38.2 Å². The van der Waals surface area contributed by atoms with Crippen molar-refractivity contribution in [3.05, 3.63) is 36.4 Å². The molecular formula is C19H27NO2. The summed E-state index contributed by atoms with van der Waals surface area (Å²) in [6.07, 6.45) is 4.20. The molecule has 0 radical (unpaired) electrons. The Labute approximate surface area is 133 Å². The molecule has 2 atom stereocenters. The molecule has 3 fully saturated rings. The molecule has 120 valence electrons. The van der Waals surface area contributed by atoms with Crippen LogP contribution < -0.4 is 4.74 Å². The van der Waals surface area contributed by atoms with Crippen LogP contribution in [-0.2, 0) is 0 Å². The first-order valence-electron chi connectivity index (χ1n) is 8.55. The second-order valence-corrected chi connectivity index (χ2v) is 6.56. The van der Waals surface area contributed by atoms with Crippen molar-refractivity contribution >= 4 is 5.57 Å². The Hall–Kier alpha value is -1.32. The Balaban J connectivity index is 1.67. The van der Waals surface area contributed by atoms with Crippen LogP contribution in [0.3, 0.4) is 0 Å². The molecule has 22 heavy (non-hydrogen) atoms. The van der Waals surface area contributed by atoms with Crippen LogP contribution in [0.25, 0.3) is 5.57 Å². The van der Waals surface area contributed by atoms with E-state index in [9.17, 15) is 5.11 Å². The van der Waals surface area contributed by atoms with Crippen molar-refractivity contribution in [2.24, 2.45) is 5.92 Å². The molecule has 3 saturated heterocycles. The zero-order valence-electron chi connectivity index (χ0n) is 13.5. The smallest absolute Gasteiger partial charge is 0.119 e. The first-order chi connectivity index (χ1) is 10.7. The standard InChI is InChI=1S/C19H27NO2/c1-3-4-13-22-17-7-5-15(6-8-17)14(2)18-19(21)16-9-11-20(18)12-10-16/h5-8,16,18-19,21H,2-4,9-13H2,1H3. The van der Waals surface area contributed by atoms with Crippen LogP contribution in [0.4, 0.5) is 0 Å². The van der Waals surface area contributed by atoms with Crippen LogP contribution >= 0.6 is 0 Å². The third-order valence-electron chi connectivity index (χ3n) is 5.12. The minimum Gasteiger partial charge on any atom is -0.494 e. The van der Waals surface area contributed by atoms with Gasteiger partial charge < -0.3 is 9.84 Å². The molecule has 3 aliphatic rings. The van der Waals surface area contributed by atoms with E-state index >= 15 is 0 Å². The fraction of sp³-hybridized carbons (Fsp3) is 0.579. The molecule has 4 rings (SSSR count). The predicted octanol–water partition coefficient (Wildman–Crippen LogP) is 3.33. The van der Waals surface area contributed by atoms with Gasteiger partial charge in [-0.25, -0.2) is 0 Å². The molecule has 0 aromatic heterocycles. The number of rotatable bonds is 6. The monoisotopic (exact) mass is 301 g/mol. The van der Waals surface area contributed by atoms with Crippen molar-refractivity contribution in [3.63, 3.8) is 0 Å². The van der Waals surface area contributed by atoms with Gasteiger partial charge in [0.05, 0.1) is 18.8 Å². The first-order valence-corrected chi connectivity index (χ1v) is 8.55. The zero-order valence-corrected chi connectivity index (χ0v) is 13.5. The summed E-state index contributed by atoms with van der Waals surface area (Å²) in [7, 11) is 0. The van der Waals surface area contributed by atoms with Crippen molar-refractivity contribution in [2.75, 3.05) is 19.7 Å². The van der Waals surface area contributed by atoms with Gasteiger partial charge in [-0.3, -0.25) is 4.90 Å². The van der Waals surface area contributed by atoms with E-state index in [4.69, 9.17) is 4.74 Å². The lowest BCUT2D eigenvalue weighted by Gasteiger charge is -2.49. The lowest BCUT2D eigenvalue weighted by atomic mass is 9.77. The van der Waals surface area contributed by atoms with Crippen LogP contribution in [0.5, 0.6) is 5.75 Å². The molecule has 0 saturated carbocycles. The van der Waals surface area contributed by atoms with E-state index in [1.807, 2.05) is 12.1 Å². The Morgan fingerprint density at radius 1 is 1.27 bits per heavy atom. The normalized spacial score (nSPS) is 30.3. The lowest BCUT2D eigenvalue weighted by molar-refractivity contribution is -0.0496. The molecule has 1 aromatic carbocycles. The molecule has 0 amide bonds. The molecule has 2 bridgehead atoms. The number of nitrogens with zero attached hydrogens (tertiary/aromatic N) is 1. The predicted molar refractivity (Wildman–Crippen MR) is 90.0 cm³/mol. The van der Waals surface area contributed by atoms with E-state index < -0.39 is 0 Å². The maximum absolute atomic E-state index is 10.6. The molecule has 1 N–H and O–H groups in total. The van der Waals surface area contributed by atoms with E-state index in [1.54, 1.807) is 0 Å². The lowest BCUT2D eigenvalue weighted by Crippen LogP contribution is -2.57. The number of unbranched alkanes of at least 4 members (excludes halogenated alkanes) is 1. The average molecular weight is 301 g/mol. The van der Waals surface area contributed by atoms with Crippen molar-refractivity contribution in [1.82, 2.24) is 4.90 Å². The molecular weight excluding hydrogens is 274 g/mol. The van der Waals surface area contributed by atoms with Crippen molar-refractivity contribution in [1.29, 1.82) is 0 Å². The molecule has 0 spiro atoms. The van der Waals surface area contributed by atoms with Gasteiger partial charge in [0.15, 0.2) is 0 Å². The number of aliphatic hydroxyl groups excluding tert-OH is 1. The van der Waals surface area contributed by atoms with Gasteiger partial charge in [-0.15, -0.1) is 0 Å². The molecule has 3 heteroatoms. The van der Waals surface area contributed by atoms with E-state index in [-0.39, 0.29) is 12.1 Å².